The number of carbonyl (C=O) groups is 1. The molecule has 0 spiro atoms. The highest BCUT2D eigenvalue weighted by molar-refractivity contribution is 5.96. The Hall–Kier alpha value is -1.71. The molecule has 1 aromatic rings. The van der Waals surface area contributed by atoms with Gasteiger partial charge in [-0.3, -0.25) is 4.79 Å². The van der Waals surface area contributed by atoms with E-state index in [0.29, 0.717) is 29.0 Å². The normalized spacial score (nSPS) is 28.4. The minimum absolute atomic E-state index is 0.139. The van der Waals surface area contributed by atoms with Crippen molar-refractivity contribution < 1.29 is 9.53 Å². The molecule has 1 amide bonds. The average Bonchev–Trinajstić information content (AvgIpc) is 3.15. The molecular formula is C15H20N2O2. The predicted molar refractivity (Wildman–Crippen MR) is 75.0 cm³/mol. The number of nitrogen functional groups attached to an aromatic ring is 1. The van der Waals surface area contributed by atoms with Crippen molar-refractivity contribution in [3.05, 3.63) is 18.2 Å². The van der Waals surface area contributed by atoms with E-state index in [1.807, 2.05) is 0 Å². The summed E-state index contributed by atoms with van der Waals surface area (Å²) in [5.41, 5.74) is 7.06. The highest BCUT2D eigenvalue weighted by atomic mass is 16.5. The summed E-state index contributed by atoms with van der Waals surface area (Å²) in [5.74, 6) is 2.21. The maximum atomic E-state index is 12.3. The molecule has 4 nitrogen and oxygen atoms in total. The molecule has 0 aromatic heterocycles. The molecule has 0 heterocycles. The Balaban J connectivity index is 1.70. The number of anilines is 2. The number of hydrogen-bond acceptors (Lipinski definition) is 3. The van der Waals surface area contributed by atoms with Gasteiger partial charge in [-0.15, -0.1) is 0 Å². The number of ether oxygens (including phenoxy) is 1. The van der Waals surface area contributed by atoms with Crippen LogP contribution in [0.25, 0.3) is 0 Å². The van der Waals surface area contributed by atoms with Gasteiger partial charge in [0, 0.05) is 17.7 Å². The summed E-state index contributed by atoms with van der Waals surface area (Å²) in [4.78, 5) is 12.3. The molecule has 2 unspecified atom stereocenters. The Morgan fingerprint density at radius 2 is 2.00 bits per heavy atom. The number of hydrogen-bond donors (Lipinski definition) is 2. The van der Waals surface area contributed by atoms with Crippen molar-refractivity contribution in [2.45, 2.75) is 25.7 Å². The second-order valence-corrected chi connectivity index (χ2v) is 5.59. The van der Waals surface area contributed by atoms with Gasteiger partial charge in [0.2, 0.25) is 5.91 Å². The molecule has 3 N–H and O–H groups in total. The summed E-state index contributed by atoms with van der Waals surface area (Å²) in [6, 6.07) is 5.31. The predicted octanol–water partition coefficient (Wildman–Crippen LogP) is 2.65. The fourth-order valence-electron chi connectivity index (χ4n) is 3.41. The molecular weight excluding hydrogens is 240 g/mol. The fraction of sp³-hybridized carbons (Fsp3) is 0.533. The third kappa shape index (κ3) is 2.27. The summed E-state index contributed by atoms with van der Waals surface area (Å²) in [7, 11) is 1.58. The number of carbonyl (C=O) groups excluding carboxylic acids is 1. The van der Waals surface area contributed by atoms with E-state index in [0.717, 1.165) is 0 Å². The largest absolute Gasteiger partial charge is 0.494 e. The second-order valence-electron chi connectivity index (χ2n) is 5.59. The van der Waals surface area contributed by atoms with Gasteiger partial charge in [-0.1, -0.05) is 12.8 Å². The molecule has 0 bridgehead atoms. The monoisotopic (exact) mass is 260 g/mol. The third-order valence-corrected chi connectivity index (χ3v) is 4.44. The molecule has 1 aromatic carbocycles. The Bertz CT molecular complexity index is 489. The van der Waals surface area contributed by atoms with Gasteiger partial charge in [-0.05, 0) is 36.8 Å². The van der Waals surface area contributed by atoms with Crippen LogP contribution in [-0.2, 0) is 4.79 Å². The van der Waals surface area contributed by atoms with Gasteiger partial charge in [-0.25, -0.2) is 0 Å². The smallest absolute Gasteiger partial charge is 0.228 e. The van der Waals surface area contributed by atoms with Crippen molar-refractivity contribution >= 4 is 17.3 Å². The molecule has 4 heteroatoms. The van der Waals surface area contributed by atoms with E-state index in [4.69, 9.17) is 10.5 Å². The molecule has 0 radical (unpaired) electrons. The first kappa shape index (κ1) is 12.3. The molecule has 0 saturated heterocycles. The molecule has 2 fully saturated rings. The summed E-state index contributed by atoms with van der Waals surface area (Å²) in [6.45, 7) is 0. The average molecular weight is 260 g/mol. The van der Waals surface area contributed by atoms with Crippen LogP contribution >= 0.6 is 0 Å². The summed E-state index contributed by atoms with van der Waals surface area (Å²) in [6.07, 6.45) is 4.97. The molecule has 102 valence electrons. The van der Waals surface area contributed by atoms with Gasteiger partial charge in [0.1, 0.15) is 5.75 Å². The van der Waals surface area contributed by atoms with E-state index in [1.54, 1.807) is 25.3 Å². The van der Waals surface area contributed by atoms with Crippen molar-refractivity contribution in [2.75, 3.05) is 18.2 Å². The maximum absolute atomic E-state index is 12.3. The van der Waals surface area contributed by atoms with Crippen molar-refractivity contribution in [1.29, 1.82) is 0 Å². The van der Waals surface area contributed by atoms with Gasteiger partial charge in [0.05, 0.1) is 12.8 Å². The Morgan fingerprint density at radius 1 is 1.32 bits per heavy atom. The lowest BCUT2D eigenvalue weighted by Gasteiger charge is -2.10. The zero-order chi connectivity index (χ0) is 13.4. The lowest BCUT2D eigenvalue weighted by atomic mass is 10.0. The van der Waals surface area contributed by atoms with E-state index in [2.05, 4.69) is 5.32 Å². The SMILES string of the molecule is COc1cc(N)ccc1NC(=O)C1C2CCCCC21. The zero-order valence-corrected chi connectivity index (χ0v) is 11.2. The number of nitrogens with one attached hydrogen (secondary N) is 1. The van der Waals surface area contributed by atoms with Crippen LogP contribution in [-0.4, -0.2) is 13.0 Å². The maximum Gasteiger partial charge on any atom is 0.228 e. The van der Waals surface area contributed by atoms with E-state index >= 15 is 0 Å². The Morgan fingerprint density at radius 3 is 2.63 bits per heavy atom. The number of methoxy groups -OCH3 is 1. The van der Waals surface area contributed by atoms with Crippen molar-refractivity contribution in [1.82, 2.24) is 0 Å². The summed E-state index contributed by atoms with van der Waals surface area (Å²) >= 11 is 0. The highest BCUT2D eigenvalue weighted by Crippen LogP contribution is 2.55. The minimum atomic E-state index is 0.139. The van der Waals surface area contributed by atoms with Gasteiger partial charge < -0.3 is 15.8 Å². The second kappa shape index (κ2) is 4.76. The van der Waals surface area contributed by atoms with Crippen LogP contribution in [0.2, 0.25) is 0 Å². The molecule has 19 heavy (non-hydrogen) atoms. The molecule has 0 aliphatic heterocycles. The Labute approximate surface area is 113 Å². The quantitative estimate of drug-likeness (QED) is 0.821. The van der Waals surface area contributed by atoms with Gasteiger partial charge >= 0.3 is 0 Å². The van der Waals surface area contributed by atoms with Crippen LogP contribution < -0.4 is 15.8 Å². The lowest BCUT2D eigenvalue weighted by Crippen LogP contribution is -2.16. The lowest BCUT2D eigenvalue weighted by molar-refractivity contribution is -0.117. The third-order valence-electron chi connectivity index (χ3n) is 4.44. The zero-order valence-electron chi connectivity index (χ0n) is 11.2. The Kier molecular flexibility index (Phi) is 3.09. The van der Waals surface area contributed by atoms with Crippen molar-refractivity contribution in [3.63, 3.8) is 0 Å². The first-order valence-corrected chi connectivity index (χ1v) is 6.95. The van der Waals surface area contributed by atoms with Crippen LogP contribution in [0.3, 0.4) is 0 Å². The molecule has 3 rings (SSSR count). The van der Waals surface area contributed by atoms with Crippen LogP contribution in [0.15, 0.2) is 18.2 Å². The van der Waals surface area contributed by atoms with E-state index < -0.39 is 0 Å². The van der Waals surface area contributed by atoms with Crippen molar-refractivity contribution in [2.24, 2.45) is 17.8 Å². The van der Waals surface area contributed by atoms with Crippen LogP contribution in [0, 0.1) is 17.8 Å². The van der Waals surface area contributed by atoms with Crippen molar-refractivity contribution in [3.8, 4) is 5.75 Å². The molecule has 2 atom stereocenters. The topological polar surface area (TPSA) is 64.3 Å². The number of benzene rings is 1. The molecule has 2 saturated carbocycles. The number of nitrogens with two attached hydrogens (primary N) is 1. The standard InChI is InChI=1S/C15H20N2O2/c1-19-13-8-9(16)6-7-12(13)17-15(18)14-10-4-2-3-5-11(10)14/h6-8,10-11,14H,2-5,16H2,1H3,(H,17,18). The van der Waals surface area contributed by atoms with Crippen LogP contribution in [0.4, 0.5) is 11.4 Å². The number of fused-ring (bicyclic) bond motifs is 1. The number of rotatable bonds is 3. The van der Waals surface area contributed by atoms with E-state index in [9.17, 15) is 4.79 Å². The first-order chi connectivity index (χ1) is 9.20. The molecule has 2 aliphatic carbocycles. The van der Waals surface area contributed by atoms with E-state index in [1.165, 1.54) is 25.7 Å². The van der Waals surface area contributed by atoms with Crippen LogP contribution in [0.5, 0.6) is 5.75 Å². The summed E-state index contributed by atoms with van der Waals surface area (Å²) < 4.78 is 5.25. The van der Waals surface area contributed by atoms with Gasteiger partial charge in [-0.2, -0.15) is 0 Å². The highest BCUT2D eigenvalue weighted by Gasteiger charge is 2.54. The first-order valence-electron chi connectivity index (χ1n) is 6.95. The number of amides is 1. The fourth-order valence-corrected chi connectivity index (χ4v) is 3.41. The molecule has 2 aliphatic rings. The van der Waals surface area contributed by atoms with E-state index in [-0.39, 0.29) is 11.8 Å². The van der Waals surface area contributed by atoms with Gasteiger partial charge in [0.15, 0.2) is 0 Å². The minimum Gasteiger partial charge on any atom is -0.494 e. The van der Waals surface area contributed by atoms with Gasteiger partial charge in [0.25, 0.3) is 0 Å². The van der Waals surface area contributed by atoms with Crippen LogP contribution in [0.1, 0.15) is 25.7 Å². The summed E-state index contributed by atoms with van der Waals surface area (Å²) in [5, 5.41) is 2.99.